The molecule has 0 spiro atoms. The van der Waals surface area contributed by atoms with Crippen LogP contribution in [-0.4, -0.2) is 0 Å². The fraction of sp³-hybridized carbons (Fsp3) is 0.375. The average molecular weight is 212 g/mol. The topological polar surface area (TPSA) is 0 Å². The second-order valence-electron chi connectivity index (χ2n) is 5.13. The molecule has 1 unspecified atom stereocenters. The molecule has 16 heavy (non-hydrogen) atoms. The summed E-state index contributed by atoms with van der Waals surface area (Å²) in [4.78, 5) is 0. The lowest BCUT2D eigenvalue weighted by Gasteiger charge is -2.27. The first-order valence-corrected chi connectivity index (χ1v) is 6.08. The molecule has 0 nitrogen and oxygen atoms in total. The van der Waals surface area contributed by atoms with E-state index in [9.17, 15) is 0 Å². The molecule has 0 radical (unpaired) electrons. The Morgan fingerprint density at radius 3 is 2.56 bits per heavy atom. The summed E-state index contributed by atoms with van der Waals surface area (Å²) >= 11 is 0. The largest absolute Gasteiger partial charge is 0.0808 e. The van der Waals surface area contributed by atoms with Crippen molar-refractivity contribution in [1.82, 2.24) is 0 Å². The van der Waals surface area contributed by atoms with Crippen LogP contribution in [0.15, 0.2) is 54.1 Å². The summed E-state index contributed by atoms with van der Waals surface area (Å²) in [5, 5.41) is 0. The molecule has 0 amide bonds. The van der Waals surface area contributed by atoms with E-state index in [1.54, 1.807) is 0 Å². The highest BCUT2D eigenvalue weighted by molar-refractivity contribution is 5.25. The van der Waals surface area contributed by atoms with Crippen LogP contribution in [0.2, 0.25) is 0 Å². The monoisotopic (exact) mass is 212 g/mol. The molecule has 0 heterocycles. The molecule has 0 saturated carbocycles. The van der Waals surface area contributed by atoms with Crippen molar-refractivity contribution >= 4 is 0 Å². The SMILES string of the molecule is CC1=CCC(C)(CCc2ccccc2)C=C1. The van der Waals surface area contributed by atoms with Gasteiger partial charge in [0.15, 0.2) is 0 Å². The third kappa shape index (κ3) is 2.85. The molecular weight excluding hydrogens is 192 g/mol. The van der Waals surface area contributed by atoms with Crippen molar-refractivity contribution in [3.8, 4) is 0 Å². The second kappa shape index (κ2) is 4.69. The van der Waals surface area contributed by atoms with Gasteiger partial charge in [0.25, 0.3) is 0 Å². The Balaban J connectivity index is 1.94. The Labute approximate surface area is 98.7 Å². The summed E-state index contributed by atoms with van der Waals surface area (Å²) in [6.45, 7) is 4.53. The zero-order valence-electron chi connectivity index (χ0n) is 10.2. The van der Waals surface area contributed by atoms with Gasteiger partial charge in [-0.15, -0.1) is 0 Å². The summed E-state index contributed by atoms with van der Waals surface area (Å²) < 4.78 is 0. The number of hydrogen-bond acceptors (Lipinski definition) is 0. The number of rotatable bonds is 3. The molecule has 0 aliphatic heterocycles. The van der Waals surface area contributed by atoms with Crippen LogP contribution in [0.25, 0.3) is 0 Å². The Hall–Kier alpha value is -1.30. The van der Waals surface area contributed by atoms with E-state index in [-0.39, 0.29) is 0 Å². The predicted molar refractivity (Wildman–Crippen MR) is 70.4 cm³/mol. The third-order valence-corrected chi connectivity index (χ3v) is 3.47. The number of benzene rings is 1. The van der Waals surface area contributed by atoms with Crippen molar-refractivity contribution in [3.63, 3.8) is 0 Å². The lowest BCUT2D eigenvalue weighted by atomic mass is 9.78. The van der Waals surface area contributed by atoms with E-state index in [0.717, 1.165) is 0 Å². The summed E-state index contributed by atoms with van der Waals surface area (Å²) in [6.07, 6.45) is 10.6. The van der Waals surface area contributed by atoms with Crippen LogP contribution in [0, 0.1) is 5.41 Å². The van der Waals surface area contributed by atoms with E-state index in [2.05, 4.69) is 62.4 Å². The van der Waals surface area contributed by atoms with Crippen LogP contribution >= 0.6 is 0 Å². The number of aryl methyl sites for hydroxylation is 1. The van der Waals surface area contributed by atoms with Crippen LogP contribution < -0.4 is 0 Å². The van der Waals surface area contributed by atoms with Gasteiger partial charge in [-0.3, -0.25) is 0 Å². The summed E-state index contributed by atoms with van der Waals surface area (Å²) in [7, 11) is 0. The first-order valence-electron chi connectivity index (χ1n) is 6.08. The molecule has 0 fully saturated rings. The van der Waals surface area contributed by atoms with Crippen molar-refractivity contribution < 1.29 is 0 Å². The van der Waals surface area contributed by atoms with Crippen molar-refractivity contribution in [2.45, 2.75) is 33.1 Å². The van der Waals surface area contributed by atoms with E-state index in [1.807, 2.05) is 0 Å². The number of allylic oxidation sites excluding steroid dienone is 4. The first kappa shape index (κ1) is 11.2. The molecule has 1 aliphatic rings. The zero-order chi connectivity index (χ0) is 11.4. The van der Waals surface area contributed by atoms with Crippen molar-refractivity contribution in [3.05, 3.63) is 59.7 Å². The standard InChI is InChI=1S/C16H20/c1-14-8-11-16(2,12-9-14)13-10-15-6-4-3-5-7-15/h3-9,11H,10,12-13H2,1-2H3. The molecule has 1 aliphatic carbocycles. The first-order chi connectivity index (χ1) is 7.68. The normalized spacial score (nSPS) is 24.2. The Morgan fingerprint density at radius 1 is 1.19 bits per heavy atom. The number of hydrogen-bond donors (Lipinski definition) is 0. The minimum atomic E-state index is 0.356. The minimum Gasteiger partial charge on any atom is -0.0808 e. The van der Waals surface area contributed by atoms with Gasteiger partial charge < -0.3 is 0 Å². The van der Waals surface area contributed by atoms with Gasteiger partial charge in [-0.1, -0.05) is 61.1 Å². The van der Waals surface area contributed by atoms with Gasteiger partial charge in [0.05, 0.1) is 0 Å². The van der Waals surface area contributed by atoms with E-state index in [0.29, 0.717) is 5.41 Å². The molecule has 0 heteroatoms. The van der Waals surface area contributed by atoms with Crippen LogP contribution in [0.4, 0.5) is 0 Å². The quantitative estimate of drug-likeness (QED) is 0.690. The maximum Gasteiger partial charge on any atom is -0.0105 e. The molecule has 0 bridgehead atoms. The Bertz CT molecular complexity index is 397. The van der Waals surface area contributed by atoms with Gasteiger partial charge in [-0.25, -0.2) is 0 Å². The molecule has 0 N–H and O–H groups in total. The molecule has 2 rings (SSSR count). The predicted octanol–water partition coefficient (Wildman–Crippen LogP) is 4.53. The van der Waals surface area contributed by atoms with E-state index in [4.69, 9.17) is 0 Å². The molecular formula is C16H20. The Morgan fingerprint density at radius 2 is 1.94 bits per heavy atom. The second-order valence-corrected chi connectivity index (χ2v) is 5.13. The highest BCUT2D eigenvalue weighted by Crippen LogP contribution is 2.33. The van der Waals surface area contributed by atoms with Crippen LogP contribution in [0.1, 0.15) is 32.3 Å². The minimum absolute atomic E-state index is 0.356. The molecule has 1 aromatic carbocycles. The van der Waals surface area contributed by atoms with Gasteiger partial charge in [-0.2, -0.15) is 0 Å². The zero-order valence-corrected chi connectivity index (χ0v) is 10.2. The maximum atomic E-state index is 2.38. The summed E-state index contributed by atoms with van der Waals surface area (Å²) in [5.41, 5.74) is 3.20. The molecule has 1 atom stereocenters. The molecule has 84 valence electrons. The van der Waals surface area contributed by atoms with Gasteiger partial charge in [0, 0.05) is 0 Å². The van der Waals surface area contributed by atoms with Gasteiger partial charge in [0.2, 0.25) is 0 Å². The fourth-order valence-corrected chi connectivity index (χ4v) is 2.12. The van der Waals surface area contributed by atoms with Gasteiger partial charge in [0.1, 0.15) is 0 Å². The molecule has 0 saturated heterocycles. The summed E-state index contributed by atoms with van der Waals surface area (Å²) in [5.74, 6) is 0. The Kier molecular flexibility index (Phi) is 3.28. The smallest absolute Gasteiger partial charge is 0.0105 e. The molecule has 1 aromatic rings. The lowest BCUT2D eigenvalue weighted by molar-refractivity contribution is 0.392. The fourth-order valence-electron chi connectivity index (χ4n) is 2.12. The van der Waals surface area contributed by atoms with E-state index in [1.165, 1.54) is 30.4 Å². The van der Waals surface area contributed by atoms with Crippen molar-refractivity contribution in [2.75, 3.05) is 0 Å². The highest BCUT2D eigenvalue weighted by atomic mass is 14.3. The maximum absolute atomic E-state index is 2.38. The van der Waals surface area contributed by atoms with Crippen LogP contribution in [0.3, 0.4) is 0 Å². The van der Waals surface area contributed by atoms with E-state index < -0.39 is 0 Å². The van der Waals surface area contributed by atoms with Gasteiger partial charge in [-0.05, 0) is 37.2 Å². The van der Waals surface area contributed by atoms with Gasteiger partial charge >= 0.3 is 0 Å². The van der Waals surface area contributed by atoms with Crippen LogP contribution in [-0.2, 0) is 6.42 Å². The van der Waals surface area contributed by atoms with Crippen molar-refractivity contribution in [1.29, 1.82) is 0 Å². The van der Waals surface area contributed by atoms with Crippen LogP contribution in [0.5, 0.6) is 0 Å². The van der Waals surface area contributed by atoms with Crippen molar-refractivity contribution in [2.24, 2.45) is 5.41 Å². The molecule has 0 aromatic heterocycles. The lowest BCUT2D eigenvalue weighted by Crippen LogP contribution is -2.15. The highest BCUT2D eigenvalue weighted by Gasteiger charge is 2.21. The third-order valence-electron chi connectivity index (χ3n) is 3.47. The van der Waals surface area contributed by atoms with E-state index >= 15 is 0 Å². The average Bonchev–Trinajstić information content (AvgIpc) is 2.33. The summed E-state index contributed by atoms with van der Waals surface area (Å²) in [6, 6.07) is 10.8.